The van der Waals surface area contributed by atoms with Crippen LogP contribution in [0.3, 0.4) is 0 Å². The van der Waals surface area contributed by atoms with Gasteiger partial charge in [-0.25, -0.2) is 0 Å². The Kier molecular flexibility index (Phi) is 2.57. The number of halogens is 1. The van der Waals surface area contributed by atoms with Gasteiger partial charge in [0.2, 0.25) is 0 Å². The molecule has 4 rings (SSSR count). The largest absolute Gasteiger partial charge is 0.308 e. The Morgan fingerprint density at radius 3 is 2.60 bits per heavy atom. The predicted octanol–water partition coefficient (Wildman–Crippen LogP) is 4.34. The Balaban J connectivity index is 2.21. The van der Waals surface area contributed by atoms with Crippen molar-refractivity contribution in [3.63, 3.8) is 0 Å². The highest BCUT2D eigenvalue weighted by Gasteiger charge is 2.11. The van der Waals surface area contributed by atoms with Crippen LogP contribution in [-0.4, -0.2) is 14.5 Å². The molecule has 0 N–H and O–H groups in total. The fraction of sp³-hybridized carbons (Fsp3) is 0. The van der Waals surface area contributed by atoms with E-state index in [1.807, 2.05) is 49.1 Å². The normalized spacial score (nSPS) is 11.2. The molecule has 0 unspecified atom stereocenters. The minimum Gasteiger partial charge on any atom is -0.308 e. The Labute approximate surface area is 124 Å². The number of rotatable bonds is 1. The van der Waals surface area contributed by atoms with E-state index in [9.17, 15) is 0 Å². The number of benzene rings is 1. The van der Waals surface area contributed by atoms with E-state index >= 15 is 0 Å². The molecule has 0 bridgehead atoms. The molecule has 0 aliphatic carbocycles. The molecule has 3 nitrogen and oxygen atoms in total. The third-order valence-corrected chi connectivity index (χ3v) is 3.93. The van der Waals surface area contributed by atoms with Gasteiger partial charge >= 0.3 is 0 Å². The van der Waals surface area contributed by atoms with Crippen LogP contribution in [0.1, 0.15) is 0 Å². The molecule has 1 aromatic carbocycles. The van der Waals surface area contributed by atoms with Gasteiger partial charge in [0.15, 0.2) is 0 Å². The summed E-state index contributed by atoms with van der Waals surface area (Å²) in [5.74, 6) is 0. The van der Waals surface area contributed by atoms with E-state index in [-0.39, 0.29) is 0 Å². The number of aromatic nitrogens is 3. The molecular weight excluding hydrogens is 314 g/mol. The molecular formula is C16H10BrN3. The lowest BCUT2D eigenvalue weighted by Gasteiger charge is -2.07. The zero-order valence-electron chi connectivity index (χ0n) is 10.5. The van der Waals surface area contributed by atoms with E-state index in [0.717, 1.165) is 26.6 Å². The summed E-state index contributed by atoms with van der Waals surface area (Å²) < 4.78 is 3.27. The Bertz CT molecular complexity index is 874. The van der Waals surface area contributed by atoms with Gasteiger partial charge in [-0.2, -0.15) is 0 Å². The van der Waals surface area contributed by atoms with Gasteiger partial charge in [-0.3, -0.25) is 9.97 Å². The van der Waals surface area contributed by atoms with Crippen molar-refractivity contribution >= 4 is 37.7 Å². The number of hydrogen-bond acceptors (Lipinski definition) is 2. The summed E-state index contributed by atoms with van der Waals surface area (Å²) in [4.78, 5) is 8.51. The predicted molar refractivity (Wildman–Crippen MR) is 84.1 cm³/mol. The first-order valence-electron chi connectivity index (χ1n) is 6.29. The summed E-state index contributed by atoms with van der Waals surface area (Å²) in [6, 6.07) is 12.3. The molecule has 0 saturated carbocycles. The van der Waals surface area contributed by atoms with Gasteiger partial charge in [-0.1, -0.05) is 22.0 Å². The molecule has 3 heterocycles. The van der Waals surface area contributed by atoms with Crippen LogP contribution >= 0.6 is 15.9 Å². The van der Waals surface area contributed by atoms with Gasteiger partial charge in [0.05, 0.1) is 17.2 Å². The monoisotopic (exact) mass is 323 g/mol. The number of fused-ring (bicyclic) bond motifs is 3. The second-order valence-corrected chi connectivity index (χ2v) is 5.52. The molecule has 0 radical (unpaired) electrons. The average Bonchev–Trinajstić information content (AvgIpc) is 2.82. The zero-order valence-corrected chi connectivity index (χ0v) is 12.1. The minimum absolute atomic E-state index is 1.06. The third-order valence-electron chi connectivity index (χ3n) is 3.44. The van der Waals surface area contributed by atoms with E-state index < -0.39 is 0 Å². The van der Waals surface area contributed by atoms with Crippen LogP contribution in [0.15, 0.2) is 65.7 Å². The van der Waals surface area contributed by atoms with Crippen LogP contribution in [-0.2, 0) is 0 Å². The molecule has 4 aromatic rings. The third kappa shape index (κ3) is 1.65. The van der Waals surface area contributed by atoms with Crippen LogP contribution in [0.4, 0.5) is 0 Å². The number of hydrogen-bond donors (Lipinski definition) is 0. The van der Waals surface area contributed by atoms with Gasteiger partial charge in [-0.05, 0) is 30.3 Å². The second-order valence-electron chi connectivity index (χ2n) is 4.60. The fourth-order valence-corrected chi connectivity index (χ4v) is 2.99. The van der Waals surface area contributed by atoms with Gasteiger partial charge < -0.3 is 4.57 Å². The zero-order chi connectivity index (χ0) is 13.5. The van der Waals surface area contributed by atoms with E-state index in [1.54, 1.807) is 0 Å². The molecule has 0 spiro atoms. The maximum absolute atomic E-state index is 4.26. The van der Waals surface area contributed by atoms with Crippen molar-refractivity contribution in [1.29, 1.82) is 0 Å². The van der Waals surface area contributed by atoms with Crippen LogP contribution < -0.4 is 0 Å². The quantitative estimate of drug-likeness (QED) is 0.521. The van der Waals surface area contributed by atoms with E-state index in [4.69, 9.17) is 0 Å². The summed E-state index contributed by atoms with van der Waals surface area (Å²) in [7, 11) is 0. The Morgan fingerprint density at radius 2 is 1.70 bits per heavy atom. The van der Waals surface area contributed by atoms with E-state index in [1.165, 1.54) is 5.39 Å². The smallest absolute Gasteiger partial charge is 0.0725 e. The van der Waals surface area contributed by atoms with Gasteiger partial charge in [0, 0.05) is 39.5 Å². The lowest BCUT2D eigenvalue weighted by Crippen LogP contribution is -1.93. The van der Waals surface area contributed by atoms with Crippen molar-refractivity contribution in [2.75, 3.05) is 0 Å². The Hall–Kier alpha value is -2.20. The maximum Gasteiger partial charge on any atom is 0.0725 e. The van der Waals surface area contributed by atoms with Crippen LogP contribution in [0.5, 0.6) is 0 Å². The molecule has 0 aliphatic rings. The maximum atomic E-state index is 4.26. The van der Waals surface area contributed by atoms with Gasteiger partial charge in [0.1, 0.15) is 0 Å². The topological polar surface area (TPSA) is 30.7 Å². The second kappa shape index (κ2) is 4.42. The molecule has 0 fully saturated rings. The highest BCUT2D eigenvalue weighted by molar-refractivity contribution is 9.10. The standard InChI is InChI=1S/C16H10BrN3/c17-11-2-1-3-12(8-11)20-15-5-7-18-9-14(15)13-4-6-19-10-16(13)20/h1-10H. The van der Waals surface area contributed by atoms with E-state index in [2.05, 4.69) is 42.6 Å². The van der Waals surface area contributed by atoms with Gasteiger partial charge in [0.25, 0.3) is 0 Å². The van der Waals surface area contributed by atoms with Crippen molar-refractivity contribution in [2.45, 2.75) is 0 Å². The van der Waals surface area contributed by atoms with E-state index in [0.29, 0.717) is 0 Å². The molecule has 0 aliphatic heterocycles. The Morgan fingerprint density at radius 1 is 0.850 bits per heavy atom. The van der Waals surface area contributed by atoms with Crippen molar-refractivity contribution < 1.29 is 0 Å². The SMILES string of the molecule is Brc1cccc(-n2c3ccncc3c3ccncc32)c1. The lowest BCUT2D eigenvalue weighted by molar-refractivity contribution is 1.16. The van der Waals surface area contributed by atoms with Crippen molar-refractivity contribution in [3.8, 4) is 5.69 Å². The van der Waals surface area contributed by atoms with Crippen molar-refractivity contribution in [1.82, 2.24) is 14.5 Å². The number of nitrogens with zero attached hydrogens (tertiary/aromatic N) is 3. The molecule has 0 amide bonds. The highest BCUT2D eigenvalue weighted by atomic mass is 79.9. The summed E-state index contributed by atoms with van der Waals surface area (Å²) in [6.45, 7) is 0. The van der Waals surface area contributed by atoms with Crippen molar-refractivity contribution in [2.24, 2.45) is 0 Å². The van der Waals surface area contributed by atoms with Crippen LogP contribution in [0, 0.1) is 0 Å². The molecule has 3 aromatic heterocycles. The first-order valence-corrected chi connectivity index (χ1v) is 7.08. The molecule has 0 atom stereocenters. The summed E-state index contributed by atoms with van der Waals surface area (Å²) >= 11 is 3.53. The van der Waals surface area contributed by atoms with Crippen LogP contribution in [0.2, 0.25) is 0 Å². The minimum atomic E-state index is 1.06. The molecule has 4 heteroatoms. The summed E-state index contributed by atoms with van der Waals surface area (Å²) in [5.41, 5.74) is 3.34. The van der Waals surface area contributed by atoms with Crippen molar-refractivity contribution in [3.05, 3.63) is 65.7 Å². The first kappa shape index (κ1) is 11.6. The average molecular weight is 324 g/mol. The lowest BCUT2D eigenvalue weighted by atomic mass is 10.2. The first-order chi connectivity index (χ1) is 9.84. The molecule has 0 saturated heterocycles. The highest BCUT2D eigenvalue weighted by Crippen LogP contribution is 2.31. The fourth-order valence-electron chi connectivity index (χ4n) is 2.60. The van der Waals surface area contributed by atoms with Crippen LogP contribution in [0.25, 0.3) is 27.5 Å². The molecule has 96 valence electrons. The number of pyridine rings is 2. The van der Waals surface area contributed by atoms with Gasteiger partial charge in [-0.15, -0.1) is 0 Å². The summed E-state index contributed by atoms with van der Waals surface area (Å²) in [5, 5.41) is 2.31. The summed E-state index contributed by atoms with van der Waals surface area (Å²) in [6.07, 6.45) is 7.45. The molecule has 20 heavy (non-hydrogen) atoms.